The van der Waals surface area contributed by atoms with Crippen LogP contribution in [0.5, 0.6) is 0 Å². The maximum atomic E-state index is 12.5. The van der Waals surface area contributed by atoms with Gasteiger partial charge >= 0.3 is 11.9 Å². The molecule has 0 saturated carbocycles. The number of hydrogen-bond donors (Lipinski definition) is 3. The Morgan fingerprint density at radius 1 is 1.18 bits per heavy atom. The Labute approximate surface area is 208 Å². The van der Waals surface area contributed by atoms with Gasteiger partial charge in [-0.3, -0.25) is 9.59 Å². The Balaban J connectivity index is 3.16. The minimum absolute atomic E-state index is 0.0880. The molecule has 7 nitrogen and oxygen atoms in total. The van der Waals surface area contributed by atoms with Crippen LogP contribution in [0.15, 0.2) is 23.8 Å². The number of carbonyl (C=O) groups excluding carboxylic acids is 1. The number of rotatable bonds is 4. The molecule has 1 heterocycles. The Kier molecular flexibility index (Phi) is 13.5. The van der Waals surface area contributed by atoms with Crippen molar-refractivity contribution >= 4 is 23.7 Å². The lowest BCUT2D eigenvalue weighted by Crippen LogP contribution is -2.30. The lowest BCUT2D eigenvalue weighted by Gasteiger charge is -2.27. The first-order valence-electron chi connectivity index (χ1n) is 12.1. The second-order valence-electron chi connectivity index (χ2n) is 9.90. The Morgan fingerprint density at radius 2 is 1.79 bits per heavy atom. The van der Waals surface area contributed by atoms with Crippen molar-refractivity contribution in [1.82, 2.24) is 0 Å². The van der Waals surface area contributed by atoms with Gasteiger partial charge in [0.15, 0.2) is 0 Å². The number of carboxylic acids is 1. The number of aliphatic hydroxyl groups excluding tert-OH is 2. The number of esters is 1. The highest BCUT2D eigenvalue weighted by Gasteiger charge is 2.27. The van der Waals surface area contributed by atoms with E-state index in [0.717, 1.165) is 19.3 Å². The largest absolute Gasteiger partial charge is 0.480 e. The zero-order chi connectivity index (χ0) is 25.8. The van der Waals surface area contributed by atoms with Gasteiger partial charge in [0.2, 0.25) is 0 Å². The highest BCUT2D eigenvalue weighted by molar-refractivity contribution is 7.99. The highest BCUT2D eigenvalue weighted by Crippen LogP contribution is 2.29. The molecule has 0 fully saturated rings. The number of allylic oxidation sites excluding steroid dienone is 2. The van der Waals surface area contributed by atoms with Crippen LogP contribution in [0.2, 0.25) is 0 Å². The molecule has 192 valence electrons. The van der Waals surface area contributed by atoms with Gasteiger partial charge in [-0.1, -0.05) is 39.8 Å². The van der Waals surface area contributed by atoms with Gasteiger partial charge in [0, 0.05) is 12.8 Å². The molecule has 34 heavy (non-hydrogen) atoms. The van der Waals surface area contributed by atoms with E-state index < -0.39 is 35.5 Å². The summed E-state index contributed by atoms with van der Waals surface area (Å²) in [5.41, 5.74) is 0.267. The molecule has 0 saturated heterocycles. The lowest BCUT2D eigenvalue weighted by atomic mass is 9.82. The number of nitrogens with zero attached hydrogens (tertiary/aromatic N) is 1. The van der Waals surface area contributed by atoms with Crippen LogP contribution in [0.3, 0.4) is 0 Å². The van der Waals surface area contributed by atoms with E-state index in [0.29, 0.717) is 11.8 Å². The van der Waals surface area contributed by atoms with Crippen LogP contribution in [-0.2, 0) is 14.3 Å². The smallest absolute Gasteiger partial charge is 0.316 e. The van der Waals surface area contributed by atoms with Crippen molar-refractivity contribution in [1.29, 1.82) is 5.26 Å². The quantitative estimate of drug-likeness (QED) is 0.491. The summed E-state index contributed by atoms with van der Waals surface area (Å²) >= 11 is 1.17. The molecule has 0 aromatic rings. The van der Waals surface area contributed by atoms with Gasteiger partial charge in [-0.15, -0.1) is 0 Å². The van der Waals surface area contributed by atoms with Crippen molar-refractivity contribution in [3.05, 3.63) is 23.8 Å². The van der Waals surface area contributed by atoms with E-state index in [4.69, 9.17) is 4.74 Å². The van der Waals surface area contributed by atoms with E-state index in [1.807, 2.05) is 13.8 Å². The number of ether oxygens (including phenoxy) is 1. The molecule has 0 aromatic carbocycles. The number of hydrogen-bond acceptors (Lipinski definition) is 7. The molecule has 0 amide bonds. The van der Waals surface area contributed by atoms with E-state index in [-0.39, 0.29) is 36.7 Å². The monoisotopic (exact) mass is 495 g/mol. The van der Waals surface area contributed by atoms with Crippen LogP contribution in [0.1, 0.15) is 66.2 Å². The van der Waals surface area contributed by atoms with Crippen molar-refractivity contribution in [2.24, 2.45) is 23.7 Å². The van der Waals surface area contributed by atoms with Crippen LogP contribution in [0, 0.1) is 35.0 Å². The summed E-state index contributed by atoms with van der Waals surface area (Å²) in [6.45, 7) is 8.11. The van der Waals surface area contributed by atoms with Gasteiger partial charge in [-0.2, -0.15) is 17.0 Å². The molecule has 8 atom stereocenters. The summed E-state index contributed by atoms with van der Waals surface area (Å²) in [5, 5.41) is 39.5. The van der Waals surface area contributed by atoms with Crippen molar-refractivity contribution in [2.45, 2.75) is 89.8 Å². The molecule has 0 spiro atoms. The number of aliphatic hydroxyl groups is 2. The Hall–Kier alpha value is -1.82. The first kappa shape index (κ1) is 30.2. The molecule has 0 aromatic heterocycles. The number of thioether (sulfide) groups is 1. The van der Waals surface area contributed by atoms with Crippen LogP contribution >= 0.6 is 11.8 Å². The zero-order valence-corrected chi connectivity index (χ0v) is 21.8. The lowest BCUT2D eigenvalue weighted by molar-refractivity contribution is -0.153. The first-order valence-corrected chi connectivity index (χ1v) is 13.3. The van der Waals surface area contributed by atoms with E-state index >= 15 is 0 Å². The molecular formula is C26H41NO6S. The average molecular weight is 496 g/mol. The first-order chi connectivity index (χ1) is 16.0. The average Bonchev–Trinajstić information content (AvgIpc) is 2.75. The summed E-state index contributed by atoms with van der Waals surface area (Å²) < 4.78 is 5.57. The Morgan fingerprint density at radius 3 is 2.35 bits per heavy atom. The predicted molar refractivity (Wildman–Crippen MR) is 134 cm³/mol. The molecule has 1 aliphatic heterocycles. The van der Waals surface area contributed by atoms with Gasteiger partial charge in [-0.05, 0) is 55.3 Å². The third-order valence-corrected chi connectivity index (χ3v) is 7.48. The number of carbonyl (C=O) groups is 2. The highest BCUT2D eigenvalue weighted by atomic mass is 32.2. The van der Waals surface area contributed by atoms with Crippen LogP contribution in [-0.4, -0.2) is 57.1 Å². The number of nitriles is 1. The van der Waals surface area contributed by atoms with Crippen LogP contribution in [0.25, 0.3) is 0 Å². The maximum Gasteiger partial charge on any atom is 0.316 e. The molecule has 1 aliphatic rings. The number of aliphatic carboxylic acids is 1. The van der Waals surface area contributed by atoms with Gasteiger partial charge < -0.3 is 20.1 Å². The standard InChI is InChI=1S/C26H41NO6S/c1-16-10-17(2)12-19(4)25(30)20(15-27)8-6-7-9-21(13-23(34-5)26(31)32)33-24(29)14-22(28)18(3)11-16/h6-8,16-19,21-23,25,28,30H,9-14H2,1-5H3,(H,31,32)/b7-6+,20-8-/t16-,17+,18-,19-,21-,22-,23-,25+/m0/s1. The van der Waals surface area contributed by atoms with Crippen molar-refractivity contribution < 1.29 is 29.6 Å². The van der Waals surface area contributed by atoms with Crippen molar-refractivity contribution in [2.75, 3.05) is 6.26 Å². The fourth-order valence-electron chi connectivity index (χ4n) is 4.68. The third-order valence-electron chi connectivity index (χ3n) is 6.52. The van der Waals surface area contributed by atoms with Crippen LogP contribution in [0.4, 0.5) is 0 Å². The number of carboxylic acid groups (broad SMARTS) is 1. The Bertz CT molecular complexity index is 761. The van der Waals surface area contributed by atoms with Crippen molar-refractivity contribution in [3.8, 4) is 6.07 Å². The second kappa shape index (κ2) is 15.2. The van der Waals surface area contributed by atoms with Gasteiger partial charge in [0.1, 0.15) is 11.4 Å². The molecule has 0 bridgehead atoms. The zero-order valence-electron chi connectivity index (χ0n) is 21.0. The minimum Gasteiger partial charge on any atom is -0.480 e. The fraction of sp³-hybridized carbons (Fsp3) is 0.731. The topological polar surface area (TPSA) is 128 Å². The number of cyclic esters (lactones) is 1. The van der Waals surface area contributed by atoms with Crippen molar-refractivity contribution in [3.63, 3.8) is 0 Å². The van der Waals surface area contributed by atoms with Gasteiger partial charge in [0.05, 0.1) is 30.3 Å². The van der Waals surface area contributed by atoms with Gasteiger partial charge in [-0.25, -0.2) is 0 Å². The molecule has 0 aliphatic carbocycles. The predicted octanol–water partition coefficient (Wildman–Crippen LogP) is 4.34. The molecular weight excluding hydrogens is 454 g/mol. The minimum atomic E-state index is -0.979. The fourth-order valence-corrected chi connectivity index (χ4v) is 5.29. The molecule has 8 heteroatoms. The molecule has 3 N–H and O–H groups in total. The summed E-state index contributed by atoms with van der Waals surface area (Å²) in [5.74, 6) is -1.06. The summed E-state index contributed by atoms with van der Waals surface area (Å²) in [4.78, 5) is 24.0. The van der Waals surface area contributed by atoms with Crippen LogP contribution < -0.4 is 0 Å². The van der Waals surface area contributed by atoms with E-state index in [9.17, 15) is 30.2 Å². The summed E-state index contributed by atoms with van der Waals surface area (Å²) in [6.07, 6.45) is 6.88. The summed E-state index contributed by atoms with van der Waals surface area (Å²) in [6, 6.07) is 2.08. The van der Waals surface area contributed by atoms with E-state index in [1.54, 1.807) is 24.5 Å². The molecule has 1 rings (SSSR count). The third kappa shape index (κ3) is 10.6. The van der Waals surface area contributed by atoms with Gasteiger partial charge in [0.25, 0.3) is 0 Å². The normalized spacial score (nSPS) is 36.0. The second-order valence-corrected chi connectivity index (χ2v) is 10.9. The van der Waals surface area contributed by atoms with E-state index in [2.05, 4.69) is 19.9 Å². The molecule has 0 unspecified atom stereocenters. The summed E-state index contributed by atoms with van der Waals surface area (Å²) in [7, 11) is 0. The molecule has 0 radical (unpaired) electrons. The maximum absolute atomic E-state index is 12.5. The van der Waals surface area contributed by atoms with E-state index in [1.165, 1.54) is 11.8 Å². The SMILES string of the molecule is CS[C@@H](C[C@@H]1C/C=C/C=C(/C#N)[C@H](O)[C@@H](C)C[C@H](C)C[C@H](C)C[C@H](C)[C@@H](O)CC(=O)O1)C(=O)O.